The second-order valence-electron chi connectivity index (χ2n) is 4.71. The van der Waals surface area contributed by atoms with Crippen molar-refractivity contribution >= 4 is 24.0 Å². The first kappa shape index (κ1) is 10.8. The molecule has 16 heavy (non-hydrogen) atoms. The monoisotopic (exact) mass is 252 g/mol. The molecule has 0 saturated heterocycles. The first-order valence-corrected chi connectivity index (χ1v) is 7.60. The Bertz CT molecular complexity index is 447. The molecule has 3 rings (SSSR count). The Morgan fingerprint density at radius 2 is 2.00 bits per heavy atom. The van der Waals surface area contributed by atoms with Crippen molar-refractivity contribution in [3.8, 4) is 0 Å². The summed E-state index contributed by atoms with van der Waals surface area (Å²) in [5, 5.41) is 0. The summed E-state index contributed by atoms with van der Waals surface area (Å²) in [5.41, 5.74) is 2.62. The van der Waals surface area contributed by atoms with Crippen LogP contribution in [0.15, 0.2) is 0 Å². The second kappa shape index (κ2) is 4.49. The molecule has 0 atom stereocenters. The van der Waals surface area contributed by atoms with Crippen molar-refractivity contribution in [3.63, 3.8) is 0 Å². The Labute approximate surface area is 105 Å². The van der Waals surface area contributed by atoms with Gasteiger partial charge in [-0.25, -0.2) is 4.98 Å². The van der Waals surface area contributed by atoms with E-state index in [1.54, 1.807) is 0 Å². The molecular formula is C12H16N2S2. The van der Waals surface area contributed by atoms with E-state index < -0.39 is 0 Å². The van der Waals surface area contributed by atoms with Gasteiger partial charge in [-0.15, -0.1) is 0 Å². The number of hydrogen-bond acceptors (Lipinski definition) is 3. The molecule has 1 fully saturated rings. The van der Waals surface area contributed by atoms with Crippen molar-refractivity contribution in [3.05, 3.63) is 21.7 Å². The van der Waals surface area contributed by atoms with Crippen molar-refractivity contribution in [2.75, 3.05) is 0 Å². The second-order valence-corrected chi connectivity index (χ2v) is 6.08. The smallest absolute Gasteiger partial charge is 0.134 e. The van der Waals surface area contributed by atoms with E-state index in [1.165, 1.54) is 43.4 Å². The summed E-state index contributed by atoms with van der Waals surface area (Å²) in [7, 11) is 0. The van der Waals surface area contributed by atoms with Crippen molar-refractivity contribution in [1.29, 1.82) is 0 Å². The average molecular weight is 252 g/mol. The number of nitrogens with zero attached hydrogens (tertiary/aromatic N) is 1. The van der Waals surface area contributed by atoms with Crippen LogP contribution in [0.2, 0.25) is 0 Å². The molecule has 0 unspecified atom stereocenters. The van der Waals surface area contributed by atoms with E-state index in [-0.39, 0.29) is 0 Å². The molecule has 1 saturated carbocycles. The Kier molecular flexibility index (Phi) is 3.03. The fraction of sp³-hybridized carbons (Fsp3) is 0.667. The first-order valence-electron chi connectivity index (χ1n) is 6.04. The Morgan fingerprint density at radius 3 is 2.81 bits per heavy atom. The van der Waals surface area contributed by atoms with Gasteiger partial charge in [-0.3, -0.25) is 0 Å². The number of aromatic amines is 1. The predicted octanol–water partition coefficient (Wildman–Crippen LogP) is 3.93. The van der Waals surface area contributed by atoms with E-state index in [4.69, 9.17) is 12.2 Å². The third-order valence-corrected chi connectivity index (χ3v) is 4.93. The van der Waals surface area contributed by atoms with Gasteiger partial charge < -0.3 is 4.98 Å². The minimum atomic E-state index is 0.631. The van der Waals surface area contributed by atoms with Crippen LogP contribution in [0, 0.1) is 4.64 Å². The van der Waals surface area contributed by atoms with Gasteiger partial charge >= 0.3 is 0 Å². The van der Waals surface area contributed by atoms with E-state index in [9.17, 15) is 0 Å². The maximum absolute atomic E-state index is 5.39. The SMILES string of the molecule is S=c1nc(C2CCCCC2)[nH]c2c1CSC2. The van der Waals surface area contributed by atoms with Crippen molar-refractivity contribution in [1.82, 2.24) is 9.97 Å². The van der Waals surface area contributed by atoms with E-state index in [2.05, 4.69) is 9.97 Å². The van der Waals surface area contributed by atoms with Gasteiger partial charge in [0.1, 0.15) is 10.5 Å². The molecule has 0 bridgehead atoms. The normalized spacial score (nSPS) is 21.0. The summed E-state index contributed by atoms with van der Waals surface area (Å²) >= 11 is 7.33. The lowest BCUT2D eigenvalue weighted by Crippen LogP contribution is -2.10. The van der Waals surface area contributed by atoms with Crippen molar-refractivity contribution < 1.29 is 0 Å². The highest BCUT2D eigenvalue weighted by Gasteiger charge is 2.21. The number of aromatic nitrogens is 2. The molecule has 0 spiro atoms. The molecule has 1 aromatic heterocycles. The van der Waals surface area contributed by atoms with Crippen molar-refractivity contribution in [2.24, 2.45) is 0 Å². The van der Waals surface area contributed by atoms with Crippen LogP contribution in [0.25, 0.3) is 0 Å². The van der Waals surface area contributed by atoms with Gasteiger partial charge in [0.15, 0.2) is 0 Å². The number of hydrogen-bond donors (Lipinski definition) is 1. The molecule has 2 heterocycles. The summed E-state index contributed by atoms with van der Waals surface area (Å²) in [4.78, 5) is 8.15. The van der Waals surface area contributed by atoms with E-state index in [1.807, 2.05) is 11.8 Å². The Hall–Kier alpha value is -0.350. The third kappa shape index (κ3) is 1.93. The molecule has 1 aromatic rings. The lowest BCUT2D eigenvalue weighted by atomic mass is 9.88. The van der Waals surface area contributed by atoms with Crippen LogP contribution in [-0.2, 0) is 11.5 Å². The molecule has 2 nitrogen and oxygen atoms in total. The number of fused-ring (bicyclic) bond motifs is 1. The van der Waals surface area contributed by atoms with Crippen LogP contribution >= 0.6 is 24.0 Å². The lowest BCUT2D eigenvalue weighted by Gasteiger charge is -2.21. The van der Waals surface area contributed by atoms with E-state index in [0.29, 0.717) is 5.92 Å². The zero-order valence-electron chi connectivity index (χ0n) is 9.29. The van der Waals surface area contributed by atoms with Crippen LogP contribution in [0.1, 0.15) is 55.1 Å². The van der Waals surface area contributed by atoms with Gasteiger partial charge in [-0.2, -0.15) is 11.8 Å². The van der Waals surface area contributed by atoms with Crippen LogP contribution in [-0.4, -0.2) is 9.97 Å². The van der Waals surface area contributed by atoms with Crippen LogP contribution in [0.3, 0.4) is 0 Å². The molecule has 0 amide bonds. The van der Waals surface area contributed by atoms with Gasteiger partial charge in [0.2, 0.25) is 0 Å². The zero-order valence-corrected chi connectivity index (χ0v) is 10.9. The molecule has 86 valence electrons. The fourth-order valence-electron chi connectivity index (χ4n) is 2.66. The molecule has 1 aliphatic carbocycles. The zero-order chi connectivity index (χ0) is 11.0. The summed E-state index contributed by atoms with van der Waals surface area (Å²) in [6, 6.07) is 0. The summed E-state index contributed by atoms with van der Waals surface area (Å²) in [6.45, 7) is 0. The third-order valence-electron chi connectivity index (χ3n) is 3.61. The summed E-state index contributed by atoms with van der Waals surface area (Å²) in [5.74, 6) is 3.92. The fourth-order valence-corrected chi connectivity index (χ4v) is 4.11. The van der Waals surface area contributed by atoms with Gasteiger partial charge in [0.05, 0.1) is 0 Å². The van der Waals surface area contributed by atoms with E-state index in [0.717, 1.165) is 22.0 Å². The number of rotatable bonds is 1. The minimum absolute atomic E-state index is 0.631. The van der Waals surface area contributed by atoms with Crippen LogP contribution in [0.5, 0.6) is 0 Å². The van der Waals surface area contributed by atoms with E-state index >= 15 is 0 Å². The highest BCUT2D eigenvalue weighted by atomic mass is 32.2. The maximum Gasteiger partial charge on any atom is 0.134 e. The summed E-state index contributed by atoms with van der Waals surface area (Å²) < 4.78 is 0.847. The maximum atomic E-state index is 5.39. The van der Waals surface area contributed by atoms with Gasteiger partial charge in [0, 0.05) is 28.7 Å². The molecule has 1 aliphatic heterocycles. The predicted molar refractivity (Wildman–Crippen MR) is 70.2 cm³/mol. The first-order chi connectivity index (χ1) is 7.84. The topological polar surface area (TPSA) is 28.7 Å². The molecule has 2 aliphatic rings. The van der Waals surface area contributed by atoms with Crippen molar-refractivity contribution in [2.45, 2.75) is 49.5 Å². The Balaban J connectivity index is 1.96. The molecule has 1 N–H and O–H groups in total. The van der Waals surface area contributed by atoms with Crippen LogP contribution < -0.4 is 0 Å². The quantitative estimate of drug-likeness (QED) is 0.768. The average Bonchev–Trinajstić information content (AvgIpc) is 2.79. The van der Waals surface area contributed by atoms with Gasteiger partial charge in [0.25, 0.3) is 0 Å². The van der Waals surface area contributed by atoms with Crippen LogP contribution in [0.4, 0.5) is 0 Å². The lowest BCUT2D eigenvalue weighted by molar-refractivity contribution is 0.427. The highest BCUT2D eigenvalue weighted by molar-refractivity contribution is 7.98. The molecule has 0 aromatic carbocycles. The number of H-pyrrole nitrogens is 1. The van der Waals surface area contributed by atoms with Gasteiger partial charge in [-0.1, -0.05) is 31.5 Å². The van der Waals surface area contributed by atoms with Gasteiger partial charge in [-0.05, 0) is 12.8 Å². The summed E-state index contributed by atoms with van der Waals surface area (Å²) in [6.07, 6.45) is 6.64. The molecule has 4 heteroatoms. The minimum Gasteiger partial charge on any atom is -0.346 e. The Morgan fingerprint density at radius 1 is 1.19 bits per heavy atom. The highest BCUT2D eigenvalue weighted by Crippen LogP contribution is 2.34. The number of thioether (sulfide) groups is 1. The molecular weight excluding hydrogens is 236 g/mol. The number of nitrogens with one attached hydrogen (secondary N) is 1. The molecule has 0 radical (unpaired) electrons. The largest absolute Gasteiger partial charge is 0.346 e. The standard InChI is InChI=1S/C12H16N2S2/c15-12-9-6-16-7-10(9)13-11(14-12)8-4-2-1-3-5-8/h8H,1-7H2,(H,13,14,15).